The van der Waals surface area contributed by atoms with Gasteiger partial charge in [-0.05, 0) is 53.5 Å². The Bertz CT molecular complexity index is 1040. The quantitative estimate of drug-likeness (QED) is 0.569. The van der Waals surface area contributed by atoms with Gasteiger partial charge in [-0.3, -0.25) is 4.79 Å². The molecule has 0 aliphatic carbocycles. The van der Waals surface area contributed by atoms with Crippen molar-refractivity contribution < 1.29 is 17.9 Å². The van der Waals surface area contributed by atoms with E-state index in [1.165, 1.54) is 5.56 Å². The smallest absolute Gasteiger partial charge is 0.261 e. The Labute approximate surface area is 192 Å². The third-order valence-corrected chi connectivity index (χ3v) is 7.86. The van der Waals surface area contributed by atoms with Crippen LogP contribution < -0.4 is 4.74 Å². The van der Waals surface area contributed by atoms with Crippen LogP contribution in [0, 0.1) is 6.92 Å². The lowest BCUT2D eigenvalue weighted by Gasteiger charge is -2.29. The molecule has 1 amide bonds. The monoisotopic (exact) mass is 457 g/mol. The van der Waals surface area contributed by atoms with Gasteiger partial charge in [0.25, 0.3) is 5.91 Å². The predicted molar refractivity (Wildman–Crippen MR) is 129 cm³/mol. The summed E-state index contributed by atoms with van der Waals surface area (Å²) < 4.78 is 30.2. The molecule has 1 aliphatic rings. The summed E-state index contributed by atoms with van der Waals surface area (Å²) in [5, 5.41) is 0. The number of benzene rings is 2. The van der Waals surface area contributed by atoms with Gasteiger partial charge in [0.15, 0.2) is 16.4 Å². The molecule has 1 heterocycles. The lowest BCUT2D eigenvalue weighted by atomic mass is 10.0. The number of carbonyl (C=O) groups is 1. The van der Waals surface area contributed by atoms with Gasteiger partial charge in [0.1, 0.15) is 5.75 Å². The largest absolute Gasteiger partial charge is 0.483 e. The van der Waals surface area contributed by atoms with Crippen LogP contribution in [0.1, 0.15) is 68.2 Å². The predicted octanol–water partition coefficient (Wildman–Crippen LogP) is 4.84. The van der Waals surface area contributed by atoms with Crippen molar-refractivity contribution in [2.75, 3.05) is 18.1 Å². The molecule has 0 saturated carbocycles. The van der Waals surface area contributed by atoms with Gasteiger partial charge >= 0.3 is 0 Å². The lowest BCUT2D eigenvalue weighted by molar-refractivity contribution is -0.136. The number of hydrogen-bond acceptors (Lipinski definition) is 4. The van der Waals surface area contributed by atoms with Gasteiger partial charge in [0.2, 0.25) is 0 Å². The van der Waals surface area contributed by atoms with Gasteiger partial charge in [-0.1, -0.05) is 64.1 Å². The molecule has 0 spiro atoms. The molecular formula is C26H35NO4S. The Kier molecular flexibility index (Phi) is 7.65. The molecule has 1 fully saturated rings. The SMILES string of the molecule is Cc1ccc(C(C)C)c(OCC(=O)N(Cc2ccc(C(C)C)cc2)C2CCS(=O)(=O)C2)c1. The van der Waals surface area contributed by atoms with Crippen LogP contribution >= 0.6 is 0 Å². The second kappa shape index (κ2) is 10.1. The van der Waals surface area contributed by atoms with E-state index in [0.717, 1.165) is 16.7 Å². The van der Waals surface area contributed by atoms with Gasteiger partial charge in [-0.25, -0.2) is 8.42 Å². The first kappa shape index (κ1) is 24.3. The minimum atomic E-state index is -3.11. The molecule has 2 aromatic rings. The Morgan fingerprint density at radius 1 is 1.06 bits per heavy atom. The van der Waals surface area contributed by atoms with Crippen LogP contribution in [0.5, 0.6) is 5.75 Å². The molecule has 5 nitrogen and oxygen atoms in total. The van der Waals surface area contributed by atoms with Crippen LogP contribution in [0.15, 0.2) is 42.5 Å². The average Bonchev–Trinajstić information content (AvgIpc) is 3.09. The molecule has 0 radical (unpaired) electrons. The Hall–Kier alpha value is -2.34. The number of carbonyl (C=O) groups excluding carboxylic acids is 1. The number of sulfone groups is 1. The topological polar surface area (TPSA) is 63.7 Å². The minimum absolute atomic E-state index is 0.0184. The van der Waals surface area contributed by atoms with E-state index in [0.29, 0.717) is 24.6 Å². The first-order chi connectivity index (χ1) is 15.1. The first-order valence-electron chi connectivity index (χ1n) is 11.4. The zero-order valence-electron chi connectivity index (χ0n) is 19.8. The lowest BCUT2D eigenvalue weighted by Crippen LogP contribution is -2.43. The normalized spacial score (nSPS) is 17.7. The molecule has 0 N–H and O–H groups in total. The Balaban J connectivity index is 1.79. The van der Waals surface area contributed by atoms with Crippen molar-refractivity contribution in [2.45, 2.75) is 65.5 Å². The summed E-state index contributed by atoms with van der Waals surface area (Å²) >= 11 is 0. The third-order valence-electron chi connectivity index (χ3n) is 6.11. The third kappa shape index (κ3) is 6.12. The van der Waals surface area contributed by atoms with E-state index in [4.69, 9.17) is 4.74 Å². The van der Waals surface area contributed by atoms with Crippen molar-refractivity contribution in [1.82, 2.24) is 4.90 Å². The molecule has 32 heavy (non-hydrogen) atoms. The molecule has 6 heteroatoms. The van der Waals surface area contributed by atoms with Gasteiger partial charge in [0, 0.05) is 12.6 Å². The molecular weight excluding hydrogens is 422 g/mol. The van der Waals surface area contributed by atoms with E-state index in [9.17, 15) is 13.2 Å². The summed E-state index contributed by atoms with van der Waals surface area (Å²) in [6.45, 7) is 10.7. The average molecular weight is 458 g/mol. The van der Waals surface area contributed by atoms with E-state index in [-0.39, 0.29) is 36.0 Å². The summed E-state index contributed by atoms with van der Waals surface area (Å²) in [7, 11) is -3.11. The molecule has 1 atom stereocenters. The number of nitrogens with zero attached hydrogens (tertiary/aromatic N) is 1. The highest BCUT2D eigenvalue weighted by molar-refractivity contribution is 7.91. The van der Waals surface area contributed by atoms with Gasteiger partial charge < -0.3 is 9.64 Å². The number of rotatable bonds is 8. The fourth-order valence-corrected chi connectivity index (χ4v) is 5.84. The maximum atomic E-state index is 13.3. The molecule has 1 unspecified atom stereocenters. The van der Waals surface area contributed by atoms with Crippen LogP contribution in [-0.2, 0) is 21.2 Å². The molecule has 1 saturated heterocycles. The molecule has 2 aromatic carbocycles. The highest BCUT2D eigenvalue weighted by atomic mass is 32.2. The zero-order chi connectivity index (χ0) is 23.5. The molecule has 0 bridgehead atoms. The van der Waals surface area contributed by atoms with E-state index in [1.807, 2.05) is 37.3 Å². The van der Waals surface area contributed by atoms with Crippen LogP contribution in [0.25, 0.3) is 0 Å². The molecule has 3 rings (SSSR count). The maximum absolute atomic E-state index is 13.3. The number of amides is 1. The van der Waals surface area contributed by atoms with Crippen molar-refractivity contribution >= 4 is 15.7 Å². The van der Waals surface area contributed by atoms with E-state index >= 15 is 0 Å². The Morgan fingerprint density at radius 2 is 1.75 bits per heavy atom. The van der Waals surface area contributed by atoms with Crippen molar-refractivity contribution in [3.05, 3.63) is 64.7 Å². The van der Waals surface area contributed by atoms with Crippen molar-refractivity contribution in [1.29, 1.82) is 0 Å². The first-order valence-corrected chi connectivity index (χ1v) is 13.2. The van der Waals surface area contributed by atoms with Crippen LogP contribution in [0.2, 0.25) is 0 Å². The molecule has 174 valence electrons. The maximum Gasteiger partial charge on any atom is 0.261 e. The van der Waals surface area contributed by atoms with Crippen molar-refractivity contribution in [3.8, 4) is 5.75 Å². The van der Waals surface area contributed by atoms with Gasteiger partial charge in [0.05, 0.1) is 11.5 Å². The van der Waals surface area contributed by atoms with E-state index in [2.05, 4.69) is 39.8 Å². The fourth-order valence-electron chi connectivity index (χ4n) is 4.11. The summed E-state index contributed by atoms with van der Waals surface area (Å²) in [6.07, 6.45) is 0.472. The number of ether oxygens (including phenoxy) is 1. The second-order valence-corrected chi connectivity index (χ2v) is 11.7. The van der Waals surface area contributed by atoms with Crippen LogP contribution in [0.3, 0.4) is 0 Å². The summed E-state index contributed by atoms with van der Waals surface area (Å²) in [5.74, 6) is 1.38. The van der Waals surface area contributed by atoms with E-state index in [1.54, 1.807) is 4.90 Å². The van der Waals surface area contributed by atoms with Crippen LogP contribution in [-0.4, -0.2) is 43.4 Å². The van der Waals surface area contributed by atoms with E-state index < -0.39 is 9.84 Å². The summed E-state index contributed by atoms with van der Waals surface area (Å²) in [6, 6.07) is 13.9. The highest BCUT2D eigenvalue weighted by Gasteiger charge is 2.35. The van der Waals surface area contributed by atoms with Crippen molar-refractivity contribution in [2.24, 2.45) is 0 Å². The van der Waals surface area contributed by atoms with Crippen molar-refractivity contribution in [3.63, 3.8) is 0 Å². The Morgan fingerprint density at radius 3 is 2.31 bits per heavy atom. The zero-order valence-corrected chi connectivity index (χ0v) is 20.6. The van der Waals surface area contributed by atoms with Crippen LogP contribution in [0.4, 0.5) is 0 Å². The fraction of sp³-hybridized carbons (Fsp3) is 0.500. The summed E-state index contributed by atoms with van der Waals surface area (Å²) in [5.41, 5.74) is 4.35. The van der Waals surface area contributed by atoms with Gasteiger partial charge in [-0.15, -0.1) is 0 Å². The highest BCUT2D eigenvalue weighted by Crippen LogP contribution is 2.28. The number of hydrogen-bond donors (Lipinski definition) is 0. The minimum Gasteiger partial charge on any atom is -0.483 e. The second-order valence-electron chi connectivity index (χ2n) is 9.46. The standard InChI is InChI=1S/C26H35NO4S/c1-18(2)22-9-7-21(8-10-22)15-27(23-12-13-32(29,30)17-23)26(28)16-31-25-14-20(5)6-11-24(25)19(3)4/h6-11,14,18-19,23H,12-13,15-17H2,1-5H3. The summed E-state index contributed by atoms with van der Waals surface area (Å²) in [4.78, 5) is 15.0. The molecule has 1 aliphatic heterocycles. The molecule has 0 aromatic heterocycles. The number of aryl methyl sites for hydroxylation is 1. The van der Waals surface area contributed by atoms with Gasteiger partial charge in [-0.2, -0.15) is 0 Å².